The SMILES string of the molecule is C=Cc1ccc(Oc2ccc(C3(c4ccc(Oc5ccc(C=C)cc5)cc4)c4ccccc4-c4ccc(N(c5ccccc5)c5ccc(-c6ccc(N(c7ccccc7)c7ccc8c(c7)C(c7ccc(Oc9ccc(C=C)cc9)cc7)(c7ccc(Oc9ccc(C=C)cc9)cc7)c7ccccc7-8)cc6)cc5)cc43)cc2)cc1. The zero-order valence-corrected chi connectivity index (χ0v) is 61.6. The topological polar surface area (TPSA) is 43.4 Å². The van der Waals surface area contributed by atoms with E-state index in [4.69, 9.17) is 18.9 Å². The minimum atomic E-state index is -0.769. The number of rotatable bonds is 23. The van der Waals surface area contributed by atoms with Crippen molar-refractivity contribution in [2.75, 3.05) is 9.80 Å². The third kappa shape index (κ3) is 12.8. The number of fused-ring (bicyclic) bond motifs is 6. The second-order valence-corrected chi connectivity index (χ2v) is 28.1. The van der Waals surface area contributed by atoms with Crippen LogP contribution in [-0.4, -0.2) is 0 Å². The first-order valence-electron chi connectivity index (χ1n) is 37.7. The first-order chi connectivity index (χ1) is 55.2. The second kappa shape index (κ2) is 29.8. The van der Waals surface area contributed by atoms with Gasteiger partial charge in [-0.3, -0.25) is 0 Å². The van der Waals surface area contributed by atoms with E-state index in [0.717, 1.165) is 158 Å². The van der Waals surface area contributed by atoms with E-state index in [1.807, 2.05) is 121 Å². The van der Waals surface area contributed by atoms with Gasteiger partial charge in [0, 0.05) is 34.1 Å². The van der Waals surface area contributed by atoms with Crippen molar-refractivity contribution in [1.82, 2.24) is 0 Å². The zero-order valence-electron chi connectivity index (χ0n) is 61.6. The van der Waals surface area contributed by atoms with E-state index in [1.165, 1.54) is 22.3 Å². The fourth-order valence-corrected chi connectivity index (χ4v) is 16.4. The van der Waals surface area contributed by atoms with Crippen molar-refractivity contribution in [3.05, 3.63) is 481 Å². The fourth-order valence-electron chi connectivity index (χ4n) is 16.4. The van der Waals surface area contributed by atoms with E-state index in [9.17, 15) is 0 Å². The Balaban J connectivity index is 0.701. The average Bonchev–Trinajstić information content (AvgIpc) is 1.54. The molecule has 0 spiro atoms. The highest BCUT2D eigenvalue weighted by atomic mass is 16.5. The first kappa shape index (κ1) is 69.0. The lowest BCUT2D eigenvalue weighted by molar-refractivity contribution is 0.481. The maximum absolute atomic E-state index is 6.50. The summed E-state index contributed by atoms with van der Waals surface area (Å²) in [5.74, 6) is 5.95. The molecule has 534 valence electrons. The summed E-state index contributed by atoms with van der Waals surface area (Å²) < 4.78 is 26.0. The Bertz CT molecular complexity index is 5550. The van der Waals surface area contributed by atoms with Crippen LogP contribution in [-0.2, 0) is 10.8 Å². The van der Waals surface area contributed by atoms with Gasteiger partial charge in [-0.15, -0.1) is 0 Å². The van der Waals surface area contributed by atoms with E-state index >= 15 is 0 Å². The maximum atomic E-state index is 6.50. The van der Waals surface area contributed by atoms with Gasteiger partial charge in [0.15, 0.2) is 0 Å². The average molecular weight is 1440 g/mol. The van der Waals surface area contributed by atoms with Gasteiger partial charge >= 0.3 is 0 Å². The molecule has 112 heavy (non-hydrogen) atoms. The molecule has 0 aromatic heterocycles. The van der Waals surface area contributed by atoms with Crippen LogP contribution in [0.25, 0.3) is 57.7 Å². The molecule has 0 radical (unpaired) electrons. The normalized spacial score (nSPS) is 12.4. The molecule has 0 amide bonds. The Morgan fingerprint density at radius 1 is 0.196 bits per heavy atom. The molecule has 0 N–H and O–H groups in total. The molecule has 0 atom stereocenters. The zero-order chi connectivity index (χ0) is 75.5. The molecule has 6 nitrogen and oxygen atoms in total. The fraction of sp³-hybridized carbons (Fsp3) is 0.0189. The summed E-state index contributed by atoms with van der Waals surface area (Å²) in [6.07, 6.45) is 7.35. The lowest BCUT2D eigenvalue weighted by Crippen LogP contribution is -2.28. The summed E-state index contributed by atoms with van der Waals surface area (Å²) >= 11 is 0. The first-order valence-corrected chi connectivity index (χ1v) is 37.7. The van der Waals surface area contributed by atoms with Gasteiger partial charge in [0.05, 0.1) is 10.8 Å². The number of nitrogens with zero attached hydrogens (tertiary/aromatic N) is 2. The van der Waals surface area contributed by atoms with Crippen LogP contribution in [0.15, 0.2) is 415 Å². The molecule has 0 saturated carbocycles. The van der Waals surface area contributed by atoms with Gasteiger partial charge in [-0.1, -0.05) is 269 Å². The number of para-hydroxylation sites is 2. The molecule has 2 aliphatic carbocycles. The Morgan fingerprint density at radius 2 is 0.420 bits per heavy atom. The highest BCUT2D eigenvalue weighted by Gasteiger charge is 2.48. The summed E-state index contributed by atoms with van der Waals surface area (Å²) in [5, 5.41) is 0. The van der Waals surface area contributed by atoms with Crippen molar-refractivity contribution in [3.63, 3.8) is 0 Å². The molecule has 0 aliphatic heterocycles. The lowest BCUT2D eigenvalue weighted by atomic mass is 9.67. The molecule has 16 aromatic carbocycles. The van der Waals surface area contributed by atoms with E-state index in [2.05, 4.69) is 327 Å². The van der Waals surface area contributed by atoms with E-state index < -0.39 is 10.8 Å². The van der Waals surface area contributed by atoms with Gasteiger partial charge in [-0.05, 0) is 270 Å². The molecule has 18 rings (SSSR count). The molecule has 0 saturated heterocycles. The summed E-state index contributed by atoms with van der Waals surface area (Å²) in [4.78, 5) is 4.74. The monoisotopic (exact) mass is 1440 g/mol. The Hall–Kier alpha value is -14.7. The van der Waals surface area contributed by atoms with Crippen LogP contribution in [0.5, 0.6) is 46.0 Å². The minimum absolute atomic E-state index is 0.737. The van der Waals surface area contributed by atoms with Crippen molar-refractivity contribution >= 4 is 58.4 Å². The van der Waals surface area contributed by atoms with Gasteiger partial charge in [-0.2, -0.15) is 0 Å². The molecular weight excluding hydrogens is 1370 g/mol. The number of ether oxygens (including phenoxy) is 4. The molecule has 0 unspecified atom stereocenters. The number of anilines is 6. The van der Waals surface area contributed by atoms with Crippen LogP contribution in [0.1, 0.15) is 66.8 Å². The summed E-state index contributed by atoms with van der Waals surface area (Å²) in [6, 6.07) is 137. The quantitative estimate of drug-likeness (QED) is 0.0636. The lowest BCUT2D eigenvalue weighted by Gasteiger charge is -2.35. The number of hydrogen-bond acceptors (Lipinski definition) is 6. The summed E-state index contributed by atoms with van der Waals surface area (Å²) in [6.45, 7) is 15.8. The highest BCUT2D eigenvalue weighted by Crippen LogP contribution is 2.60. The van der Waals surface area contributed by atoms with Gasteiger partial charge < -0.3 is 28.7 Å². The third-order valence-corrected chi connectivity index (χ3v) is 21.7. The molecule has 0 heterocycles. The van der Waals surface area contributed by atoms with Crippen molar-refractivity contribution in [3.8, 4) is 79.4 Å². The van der Waals surface area contributed by atoms with E-state index in [0.29, 0.717) is 0 Å². The predicted molar refractivity (Wildman–Crippen MR) is 462 cm³/mol. The van der Waals surface area contributed by atoms with Crippen molar-refractivity contribution < 1.29 is 18.9 Å². The molecule has 0 bridgehead atoms. The largest absolute Gasteiger partial charge is 0.457 e. The summed E-state index contributed by atoms with van der Waals surface area (Å²) in [5.41, 5.74) is 24.6. The number of hydrogen-bond donors (Lipinski definition) is 0. The van der Waals surface area contributed by atoms with Crippen molar-refractivity contribution in [2.24, 2.45) is 0 Å². The van der Waals surface area contributed by atoms with Crippen LogP contribution < -0.4 is 28.7 Å². The van der Waals surface area contributed by atoms with Crippen LogP contribution >= 0.6 is 0 Å². The highest BCUT2D eigenvalue weighted by molar-refractivity contribution is 5.92. The third-order valence-electron chi connectivity index (χ3n) is 21.7. The Labute approximate surface area is 654 Å². The number of benzene rings is 16. The smallest absolute Gasteiger partial charge is 0.127 e. The van der Waals surface area contributed by atoms with Gasteiger partial charge in [-0.25, -0.2) is 0 Å². The van der Waals surface area contributed by atoms with Crippen molar-refractivity contribution in [2.45, 2.75) is 10.8 Å². The minimum Gasteiger partial charge on any atom is -0.457 e. The Kier molecular flexibility index (Phi) is 18.4. The second-order valence-electron chi connectivity index (χ2n) is 28.1. The summed E-state index contributed by atoms with van der Waals surface area (Å²) in [7, 11) is 0. The predicted octanol–water partition coefficient (Wildman–Crippen LogP) is 28.8. The standard InChI is InChI=1S/C106H76N2O4/c1-5-73-27-53-89(54-28-73)109-93-61-39-79(40-62-93)105(80-41-63-94(64-42-80)110-90-55-29-74(6-2)30-56-90)101-25-17-15-23-97(101)99-69-51-87(71-103(99)105)107(83-19-11-9-12-20-83)85-47-35-77(36-48-85)78-37-49-86(50-38-78)108(84-21-13-10-14-22-84)88-52-70-100-98-24-16-18-26-102(98)106(104(100)72-88,81-43-65-95(66-44-81)111-91-57-31-75(7-3)32-58-91)82-45-67-96(68-46-82)112-92-59-33-76(8-4)34-60-92/h5-72H,1-4H2. The van der Waals surface area contributed by atoms with Gasteiger partial charge in [0.25, 0.3) is 0 Å². The molecule has 0 fully saturated rings. The molecular formula is C106H76N2O4. The van der Waals surface area contributed by atoms with Crippen molar-refractivity contribution in [1.29, 1.82) is 0 Å². The Morgan fingerprint density at radius 3 is 0.688 bits per heavy atom. The van der Waals surface area contributed by atoms with Gasteiger partial charge in [0.2, 0.25) is 0 Å². The van der Waals surface area contributed by atoms with Crippen LogP contribution in [0, 0.1) is 0 Å². The van der Waals surface area contributed by atoms with Crippen LogP contribution in [0.2, 0.25) is 0 Å². The molecule has 6 heteroatoms. The van der Waals surface area contributed by atoms with E-state index in [-0.39, 0.29) is 0 Å². The maximum Gasteiger partial charge on any atom is 0.127 e. The van der Waals surface area contributed by atoms with Crippen LogP contribution in [0.4, 0.5) is 34.1 Å². The molecule has 16 aromatic rings. The van der Waals surface area contributed by atoms with Crippen LogP contribution in [0.3, 0.4) is 0 Å². The van der Waals surface area contributed by atoms with Gasteiger partial charge in [0.1, 0.15) is 46.0 Å². The molecule has 2 aliphatic rings. The van der Waals surface area contributed by atoms with E-state index in [1.54, 1.807) is 0 Å².